The fraction of sp³-hybridized carbons (Fsp3) is 0.231. The Bertz CT molecular complexity index is 1170. The van der Waals surface area contributed by atoms with E-state index < -0.39 is 12.1 Å². The van der Waals surface area contributed by atoms with Crippen LogP contribution in [0.25, 0.3) is 0 Å². The number of hydrogen-bond donors (Lipinski definition) is 1. The first-order valence-corrected chi connectivity index (χ1v) is 11.9. The second-order valence-corrected chi connectivity index (χ2v) is 9.60. The topological polar surface area (TPSA) is 58.6 Å². The maximum absolute atomic E-state index is 13.8. The zero-order valence-corrected chi connectivity index (χ0v) is 20.6. The molecule has 0 saturated carbocycles. The van der Waals surface area contributed by atoms with Crippen LogP contribution in [0.3, 0.4) is 0 Å². The van der Waals surface area contributed by atoms with Crippen LogP contribution in [-0.4, -0.2) is 22.8 Å². The van der Waals surface area contributed by atoms with E-state index in [9.17, 15) is 9.59 Å². The van der Waals surface area contributed by atoms with Crippen LogP contribution in [0.4, 0.5) is 5.69 Å². The molecule has 3 aromatic rings. The molecule has 0 spiro atoms. The summed E-state index contributed by atoms with van der Waals surface area (Å²) in [5.41, 5.74) is 2.02. The molecule has 2 atom stereocenters. The van der Waals surface area contributed by atoms with Gasteiger partial charge in [0.1, 0.15) is 11.8 Å². The molecule has 1 aliphatic rings. The summed E-state index contributed by atoms with van der Waals surface area (Å²) in [7, 11) is 0. The van der Waals surface area contributed by atoms with Gasteiger partial charge in [-0.3, -0.25) is 9.59 Å². The van der Waals surface area contributed by atoms with E-state index >= 15 is 0 Å². The molecule has 0 radical (unpaired) electrons. The molecule has 3 aromatic carbocycles. The molecule has 4 rings (SSSR count). The lowest BCUT2D eigenvalue weighted by atomic mass is 10.0. The van der Waals surface area contributed by atoms with Crippen LogP contribution in [0.1, 0.15) is 31.0 Å². The van der Waals surface area contributed by atoms with Gasteiger partial charge in [-0.2, -0.15) is 0 Å². The van der Waals surface area contributed by atoms with Crippen molar-refractivity contribution >= 4 is 45.0 Å². The Kier molecular flexibility index (Phi) is 7.05. The molecule has 0 aliphatic carbocycles. The summed E-state index contributed by atoms with van der Waals surface area (Å²) in [6.07, 6.45) is -0.734. The van der Waals surface area contributed by atoms with Gasteiger partial charge in [0.05, 0.1) is 0 Å². The molecule has 33 heavy (non-hydrogen) atoms. The zero-order chi connectivity index (χ0) is 23.5. The monoisotopic (exact) mass is 526 g/mol. The molecular formula is C26H24BrClN2O3. The van der Waals surface area contributed by atoms with Crippen LogP contribution in [-0.2, 0) is 16.1 Å². The second-order valence-electron chi connectivity index (χ2n) is 8.28. The number of carbonyl (C=O) groups excluding carboxylic acids is 2. The van der Waals surface area contributed by atoms with Gasteiger partial charge in [-0.15, -0.1) is 0 Å². The van der Waals surface area contributed by atoms with Gasteiger partial charge in [-0.1, -0.05) is 77.8 Å². The fourth-order valence-electron chi connectivity index (χ4n) is 3.90. The molecule has 0 fully saturated rings. The third-order valence-corrected chi connectivity index (χ3v) is 6.41. The summed E-state index contributed by atoms with van der Waals surface area (Å²) in [5.74, 6) is -0.168. The minimum Gasteiger partial charge on any atom is -0.480 e. The third-order valence-electron chi connectivity index (χ3n) is 5.55. The van der Waals surface area contributed by atoms with Crippen LogP contribution in [0.15, 0.2) is 77.3 Å². The Hall–Kier alpha value is -2.83. The molecule has 2 unspecified atom stereocenters. The van der Waals surface area contributed by atoms with Crippen molar-refractivity contribution in [3.05, 3.63) is 93.4 Å². The highest BCUT2D eigenvalue weighted by Gasteiger charge is 2.42. The van der Waals surface area contributed by atoms with Gasteiger partial charge in [0.2, 0.25) is 0 Å². The maximum atomic E-state index is 13.8. The van der Waals surface area contributed by atoms with Crippen LogP contribution < -0.4 is 10.1 Å². The Morgan fingerprint density at radius 3 is 2.48 bits per heavy atom. The highest BCUT2D eigenvalue weighted by atomic mass is 79.9. The summed E-state index contributed by atoms with van der Waals surface area (Å²) in [6.45, 7) is 4.03. The van der Waals surface area contributed by atoms with E-state index in [1.807, 2.05) is 74.5 Å². The minimum atomic E-state index is -0.912. The Morgan fingerprint density at radius 1 is 1.09 bits per heavy atom. The Balaban J connectivity index is 1.84. The number of nitrogens with zero attached hydrogens (tertiary/aromatic N) is 1. The summed E-state index contributed by atoms with van der Waals surface area (Å²) < 4.78 is 6.98. The van der Waals surface area contributed by atoms with Crippen molar-refractivity contribution < 1.29 is 14.3 Å². The number of rotatable bonds is 5. The van der Waals surface area contributed by atoms with Crippen molar-refractivity contribution in [3.8, 4) is 5.75 Å². The first kappa shape index (κ1) is 23.3. The summed E-state index contributed by atoms with van der Waals surface area (Å²) in [5, 5.41) is 3.49. The van der Waals surface area contributed by atoms with Gasteiger partial charge < -0.3 is 15.0 Å². The van der Waals surface area contributed by atoms with Crippen molar-refractivity contribution in [1.82, 2.24) is 4.90 Å². The van der Waals surface area contributed by atoms with Gasteiger partial charge in [-0.05, 0) is 47.9 Å². The smallest absolute Gasteiger partial charge is 0.265 e. The predicted molar refractivity (Wildman–Crippen MR) is 133 cm³/mol. The van der Waals surface area contributed by atoms with E-state index in [1.54, 1.807) is 17.0 Å². The zero-order valence-electron chi connectivity index (χ0n) is 18.3. The quantitative estimate of drug-likeness (QED) is 0.428. The molecular weight excluding hydrogens is 504 g/mol. The average Bonchev–Trinajstić information content (AvgIpc) is 2.90. The molecule has 2 amide bonds. The normalized spacial score (nSPS) is 17.8. The Morgan fingerprint density at radius 2 is 1.79 bits per heavy atom. The van der Waals surface area contributed by atoms with E-state index in [4.69, 9.17) is 16.3 Å². The molecule has 0 aromatic heterocycles. The number of fused-ring (bicyclic) bond motifs is 1. The number of anilines is 1. The van der Waals surface area contributed by atoms with Gasteiger partial charge >= 0.3 is 0 Å². The first-order valence-electron chi connectivity index (χ1n) is 10.7. The van der Waals surface area contributed by atoms with E-state index in [0.717, 1.165) is 10.0 Å². The number of amides is 2. The molecule has 1 aliphatic heterocycles. The fourth-order valence-corrected chi connectivity index (χ4v) is 4.48. The minimum absolute atomic E-state index is 0.0984. The first-order chi connectivity index (χ1) is 15.8. The number of para-hydroxylation sites is 1. The summed E-state index contributed by atoms with van der Waals surface area (Å²) in [4.78, 5) is 29.1. The van der Waals surface area contributed by atoms with E-state index in [2.05, 4.69) is 21.2 Å². The van der Waals surface area contributed by atoms with Crippen molar-refractivity contribution in [1.29, 1.82) is 0 Å². The molecule has 5 nitrogen and oxygen atoms in total. The van der Waals surface area contributed by atoms with Crippen molar-refractivity contribution in [3.63, 3.8) is 0 Å². The molecule has 7 heteroatoms. The predicted octanol–water partition coefficient (Wildman–Crippen LogP) is 6.23. The van der Waals surface area contributed by atoms with Crippen LogP contribution >= 0.6 is 27.5 Å². The Labute approximate surface area is 206 Å². The lowest BCUT2D eigenvalue weighted by Gasteiger charge is -2.31. The highest BCUT2D eigenvalue weighted by molar-refractivity contribution is 9.10. The van der Waals surface area contributed by atoms with Gasteiger partial charge in [0.25, 0.3) is 11.8 Å². The van der Waals surface area contributed by atoms with Gasteiger partial charge in [0.15, 0.2) is 6.10 Å². The van der Waals surface area contributed by atoms with Gasteiger partial charge in [0, 0.05) is 27.3 Å². The molecule has 1 N–H and O–H groups in total. The van der Waals surface area contributed by atoms with Crippen LogP contribution in [0.2, 0.25) is 5.02 Å². The molecule has 0 saturated heterocycles. The van der Waals surface area contributed by atoms with E-state index in [0.29, 0.717) is 22.0 Å². The largest absolute Gasteiger partial charge is 0.480 e. The van der Waals surface area contributed by atoms with Gasteiger partial charge in [-0.25, -0.2) is 0 Å². The van der Waals surface area contributed by atoms with Crippen molar-refractivity contribution in [2.24, 2.45) is 5.92 Å². The lowest BCUT2D eigenvalue weighted by molar-refractivity contribution is -0.146. The number of benzene rings is 3. The standard InChI is InChI=1S/C26H24BrClN2O3/c1-16(2)24-26(32)30(15-17-8-6-7-11-21(17)28)23(20-14-18(27)12-13-22(20)33-24)25(31)29-19-9-4-3-5-10-19/h3-14,16,23-24H,15H2,1-2H3,(H,29,31). The average molecular weight is 528 g/mol. The molecule has 1 heterocycles. The van der Waals surface area contributed by atoms with Crippen molar-refractivity contribution in [2.45, 2.75) is 32.5 Å². The highest BCUT2D eigenvalue weighted by Crippen LogP contribution is 2.39. The van der Waals surface area contributed by atoms with Crippen LogP contribution in [0, 0.1) is 5.92 Å². The number of nitrogens with one attached hydrogen (secondary N) is 1. The summed E-state index contributed by atoms with van der Waals surface area (Å²) >= 11 is 9.94. The molecule has 0 bridgehead atoms. The summed E-state index contributed by atoms with van der Waals surface area (Å²) in [6, 6.07) is 21.1. The van der Waals surface area contributed by atoms with Crippen LogP contribution in [0.5, 0.6) is 5.75 Å². The van der Waals surface area contributed by atoms with E-state index in [1.165, 1.54) is 0 Å². The molecule has 170 valence electrons. The number of hydrogen-bond acceptors (Lipinski definition) is 3. The van der Waals surface area contributed by atoms with Crippen molar-refractivity contribution in [2.75, 3.05) is 5.32 Å². The lowest BCUT2D eigenvalue weighted by Crippen LogP contribution is -2.46. The number of carbonyl (C=O) groups is 2. The maximum Gasteiger partial charge on any atom is 0.265 e. The second kappa shape index (κ2) is 9.98. The SMILES string of the molecule is CC(C)C1Oc2ccc(Br)cc2C(C(=O)Nc2ccccc2)N(Cc2ccccc2Cl)C1=O. The number of halogens is 2. The third kappa shape index (κ3) is 5.07. The van der Waals surface area contributed by atoms with E-state index in [-0.39, 0.29) is 24.3 Å². The number of ether oxygens (including phenoxy) is 1.